The molecule has 0 spiro atoms. The third kappa shape index (κ3) is 8.37. The molecule has 1 N–H and O–H groups in total. The largest absolute Gasteiger partial charge is 0.322 e. The number of aryl methyl sites for hydroxylation is 1. The zero-order valence-electron chi connectivity index (χ0n) is 22.5. The van der Waals surface area contributed by atoms with Crippen LogP contribution in [0, 0.1) is 5.92 Å². The quantitative estimate of drug-likeness (QED) is 0.227. The first kappa shape index (κ1) is 27.2. The van der Waals surface area contributed by atoms with Crippen molar-refractivity contribution in [2.24, 2.45) is 5.92 Å². The van der Waals surface area contributed by atoms with Gasteiger partial charge in [0.1, 0.15) is 0 Å². The van der Waals surface area contributed by atoms with Crippen molar-refractivity contribution >= 4 is 11.6 Å². The highest BCUT2D eigenvalue weighted by Crippen LogP contribution is 2.38. The number of carbonyl (C=O) groups is 1. The van der Waals surface area contributed by atoms with Gasteiger partial charge in [-0.3, -0.25) is 4.79 Å². The molecular weight excluding hydrogens is 426 g/mol. The lowest BCUT2D eigenvalue weighted by Crippen LogP contribution is -2.13. The van der Waals surface area contributed by atoms with Gasteiger partial charge in [0.25, 0.3) is 5.91 Å². The number of unbranched alkanes of at least 4 members (excludes halogenated alkanes) is 6. The van der Waals surface area contributed by atoms with Gasteiger partial charge in [-0.15, -0.1) is 0 Å². The van der Waals surface area contributed by atoms with Crippen LogP contribution in [0.5, 0.6) is 0 Å². The lowest BCUT2D eigenvalue weighted by Gasteiger charge is -2.29. The van der Waals surface area contributed by atoms with E-state index in [1.807, 2.05) is 6.07 Å². The first-order valence-corrected chi connectivity index (χ1v) is 14.2. The molecule has 0 saturated heterocycles. The second-order valence-corrected chi connectivity index (χ2v) is 10.7. The van der Waals surface area contributed by atoms with E-state index in [1.165, 1.54) is 99.3 Å². The summed E-state index contributed by atoms with van der Waals surface area (Å²) in [5.74, 6) is 1.55. The fraction of sp³-hybridized carbons (Fsp3) is 0.545. The monoisotopic (exact) mass is 473 g/mol. The molecule has 0 bridgehead atoms. The zero-order valence-corrected chi connectivity index (χ0v) is 22.5. The topological polar surface area (TPSA) is 29.1 Å². The van der Waals surface area contributed by atoms with E-state index in [2.05, 4.69) is 62.1 Å². The number of hydrogen-bond donors (Lipinski definition) is 1. The third-order valence-electron chi connectivity index (χ3n) is 7.89. The van der Waals surface area contributed by atoms with Crippen LogP contribution in [0.15, 0.2) is 54.6 Å². The Balaban J connectivity index is 1.50. The smallest absolute Gasteiger partial charge is 0.250 e. The molecule has 0 radical (unpaired) electrons. The molecule has 1 aliphatic carbocycles. The van der Waals surface area contributed by atoms with Gasteiger partial charge in [-0.05, 0) is 85.3 Å². The Hall–Kier alpha value is -2.35. The number of anilines is 1. The number of amides is 1. The Bertz CT molecular complexity index is 934. The predicted octanol–water partition coefficient (Wildman–Crippen LogP) is 9.85. The summed E-state index contributed by atoms with van der Waals surface area (Å²) in [4.78, 5) is 12.0. The number of hydrogen-bond acceptors (Lipinski definition) is 1. The van der Waals surface area contributed by atoms with Crippen LogP contribution in [-0.4, -0.2) is 5.91 Å². The average Bonchev–Trinajstić information content (AvgIpc) is 2.88. The normalized spacial score (nSPS) is 17.8. The van der Waals surface area contributed by atoms with E-state index in [4.69, 9.17) is 0 Å². The summed E-state index contributed by atoms with van der Waals surface area (Å²) < 4.78 is 0. The highest BCUT2D eigenvalue weighted by molar-refractivity contribution is 6.03. The van der Waals surface area contributed by atoms with Gasteiger partial charge in [0, 0.05) is 11.3 Å². The molecule has 3 rings (SSSR count). The van der Waals surface area contributed by atoms with Gasteiger partial charge in [0.2, 0.25) is 0 Å². The summed E-state index contributed by atoms with van der Waals surface area (Å²) in [7, 11) is 0. The summed E-state index contributed by atoms with van der Waals surface area (Å²) in [6, 6.07) is 15.5. The molecule has 2 aromatic carbocycles. The van der Waals surface area contributed by atoms with E-state index in [-0.39, 0.29) is 5.91 Å². The van der Waals surface area contributed by atoms with Crippen LogP contribution in [0.2, 0.25) is 0 Å². The van der Waals surface area contributed by atoms with Gasteiger partial charge in [-0.25, -0.2) is 0 Å². The Kier molecular flexibility index (Phi) is 11.1. The van der Waals surface area contributed by atoms with Gasteiger partial charge < -0.3 is 5.32 Å². The van der Waals surface area contributed by atoms with Gasteiger partial charge >= 0.3 is 0 Å². The van der Waals surface area contributed by atoms with Crippen molar-refractivity contribution in [3.8, 4) is 11.1 Å². The van der Waals surface area contributed by atoms with Crippen molar-refractivity contribution < 1.29 is 4.79 Å². The second-order valence-electron chi connectivity index (χ2n) is 10.7. The highest BCUT2D eigenvalue weighted by Gasteiger charge is 2.22. The maximum absolute atomic E-state index is 12.0. The van der Waals surface area contributed by atoms with E-state index in [0.29, 0.717) is 5.57 Å². The van der Waals surface area contributed by atoms with Crippen molar-refractivity contribution in [2.75, 3.05) is 5.32 Å². The Morgan fingerprint density at radius 2 is 1.54 bits per heavy atom. The second kappa shape index (κ2) is 14.3. The highest BCUT2D eigenvalue weighted by atomic mass is 16.1. The van der Waals surface area contributed by atoms with Crippen LogP contribution < -0.4 is 5.32 Å². The molecule has 0 aromatic heterocycles. The van der Waals surface area contributed by atoms with Crippen LogP contribution in [-0.2, 0) is 11.2 Å². The van der Waals surface area contributed by atoms with E-state index in [1.54, 1.807) is 6.92 Å². The summed E-state index contributed by atoms with van der Waals surface area (Å²) in [5.41, 5.74) is 6.63. The molecule has 0 heterocycles. The average molecular weight is 474 g/mol. The molecule has 2 nitrogen and oxygen atoms in total. The minimum atomic E-state index is -0.124. The minimum Gasteiger partial charge on any atom is -0.322 e. The molecule has 1 aliphatic rings. The van der Waals surface area contributed by atoms with Crippen LogP contribution in [0.3, 0.4) is 0 Å². The molecule has 2 heteroatoms. The van der Waals surface area contributed by atoms with Crippen molar-refractivity contribution in [2.45, 2.75) is 110 Å². The van der Waals surface area contributed by atoms with E-state index in [0.717, 1.165) is 23.9 Å². The minimum absolute atomic E-state index is 0.124. The summed E-state index contributed by atoms with van der Waals surface area (Å²) in [5, 5.41) is 2.94. The van der Waals surface area contributed by atoms with Crippen molar-refractivity contribution in [3.63, 3.8) is 0 Å². The Morgan fingerprint density at radius 1 is 0.886 bits per heavy atom. The molecule has 0 atom stereocenters. The van der Waals surface area contributed by atoms with Crippen molar-refractivity contribution in [3.05, 3.63) is 65.7 Å². The standard InChI is InChI=1S/C33H47NO/c1-5-7-8-9-10-11-12-13-26-14-16-28(17-15-26)29-18-20-30(21-19-29)32-23-22-31(24-27(32)6-2)34-33(35)25(3)4/h18-24,26,28H,3,5-17H2,1-2,4H3,(H,34,35). The van der Waals surface area contributed by atoms with Crippen molar-refractivity contribution in [1.29, 1.82) is 0 Å². The number of rotatable bonds is 13. The molecule has 1 fully saturated rings. The van der Waals surface area contributed by atoms with Gasteiger partial charge in [0.05, 0.1) is 0 Å². The van der Waals surface area contributed by atoms with E-state index >= 15 is 0 Å². The lowest BCUT2D eigenvalue weighted by atomic mass is 9.77. The maximum Gasteiger partial charge on any atom is 0.250 e. The molecule has 0 unspecified atom stereocenters. The Labute approximate surface area is 214 Å². The van der Waals surface area contributed by atoms with Crippen LogP contribution in [0.4, 0.5) is 5.69 Å². The van der Waals surface area contributed by atoms with Gasteiger partial charge in [-0.1, -0.05) is 102 Å². The summed E-state index contributed by atoms with van der Waals surface area (Å²) >= 11 is 0. The van der Waals surface area contributed by atoms with E-state index < -0.39 is 0 Å². The molecule has 35 heavy (non-hydrogen) atoms. The SMILES string of the molecule is C=C(C)C(=O)Nc1ccc(-c2ccc(C3CCC(CCCCCCCCC)CC3)cc2)c(CC)c1. The number of nitrogens with one attached hydrogen (secondary N) is 1. The van der Waals surface area contributed by atoms with Gasteiger partial charge in [-0.2, -0.15) is 0 Å². The lowest BCUT2D eigenvalue weighted by molar-refractivity contribution is -0.112. The van der Waals surface area contributed by atoms with Crippen LogP contribution in [0.1, 0.15) is 115 Å². The van der Waals surface area contributed by atoms with E-state index in [9.17, 15) is 4.79 Å². The zero-order chi connectivity index (χ0) is 25.0. The number of benzene rings is 2. The molecule has 190 valence electrons. The summed E-state index contributed by atoms with van der Waals surface area (Å²) in [6.07, 6.45) is 17.8. The fourth-order valence-corrected chi connectivity index (χ4v) is 5.59. The molecule has 2 aromatic rings. The fourth-order valence-electron chi connectivity index (χ4n) is 5.59. The molecule has 1 saturated carbocycles. The van der Waals surface area contributed by atoms with Crippen LogP contribution >= 0.6 is 0 Å². The first-order chi connectivity index (χ1) is 17.0. The third-order valence-corrected chi connectivity index (χ3v) is 7.89. The first-order valence-electron chi connectivity index (χ1n) is 14.2. The van der Waals surface area contributed by atoms with Crippen LogP contribution in [0.25, 0.3) is 11.1 Å². The van der Waals surface area contributed by atoms with Crippen molar-refractivity contribution in [1.82, 2.24) is 0 Å². The maximum atomic E-state index is 12.0. The summed E-state index contributed by atoms with van der Waals surface area (Å²) in [6.45, 7) is 9.92. The number of carbonyl (C=O) groups excluding carboxylic acids is 1. The predicted molar refractivity (Wildman–Crippen MR) is 152 cm³/mol. The molecule has 0 aliphatic heterocycles. The molecular formula is C33H47NO. The Morgan fingerprint density at radius 3 is 2.17 bits per heavy atom. The molecule has 1 amide bonds. The van der Waals surface area contributed by atoms with Gasteiger partial charge in [0.15, 0.2) is 0 Å².